The van der Waals surface area contributed by atoms with Crippen molar-refractivity contribution >= 4 is 24.0 Å². The van der Waals surface area contributed by atoms with Gasteiger partial charge in [-0.3, -0.25) is 9.48 Å². The van der Waals surface area contributed by atoms with E-state index in [9.17, 15) is 4.79 Å². The van der Waals surface area contributed by atoms with Crippen molar-refractivity contribution in [3.05, 3.63) is 47.5 Å². The van der Waals surface area contributed by atoms with Crippen LogP contribution in [0.4, 0.5) is 5.69 Å². The van der Waals surface area contributed by atoms with Gasteiger partial charge in [0.15, 0.2) is 5.82 Å². The summed E-state index contributed by atoms with van der Waals surface area (Å²) in [5.41, 5.74) is 4.89. The molecule has 9 heteroatoms. The van der Waals surface area contributed by atoms with E-state index in [1.165, 1.54) is 5.69 Å². The van der Waals surface area contributed by atoms with Gasteiger partial charge in [0.25, 0.3) is 0 Å². The summed E-state index contributed by atoms with van der Waals surface area (Å²) in [5, 5.41) is 19.0. The molecule has 3 heterocycles. The van der Waals surface area contributed by atoms with Crippen molar-refractivity contribution in [1.82, 2.24) is 29.9 Å². The van der Waals surface area contributed by atoms with Gasteiger partial charge in [0.1, 0.15) is 6.33 Å². The molecule has 148 valence electrons. The zero-order valence-corrected chi connectivity index (χ0v) is 16.8. The molecule has 0 spiro atoms. The SMILES string of the molecule is Cc1c(NC(=O)CCc2cc3n(n2)CCNC3)cccc1-c1nncn1C.Cl. The van der Waals surface area contributed by atoms with Crippen LogP contribution in [0.3, 0.4) is 0 Å². The van der Waals surface area contributed by atoms with E-state index in [2.05, 4.69) is 32.0 Å². The minimum absolute atomic E-state index is 0. The number of amides is 1. The number of carbonyl (C=O) groups excluding carboxylic acids is 1. The summed E-state index contributed by atoms with van der Waals surface area (Å²) in [5.74, 6) is 0.762. The quantitative estimate of drug-likeness (QED) is 0.683. The molecule has 0 radical (unpaired) electrons. The second kappa shape index (κ2) is 8.53. The Kier molecular flexibility index (Phi) is 6.11. The third-order valence-electron chi connectivity index (χ3n) is 4.89. The third kappa shape index (κ3) is 4.07. The summed E-state index contributed by atoms with van der Waals surface area (Å²) < 4.78 is 3.89. The van der Waals surface area contributed by atoms with E-state index in [0.29, 0.717) is 12.8 Å². The molecule has 1 amide bonds. The van der Waals surface area contributed by atoms with Gasteiger partial charge in [0, 0.05) is 44.2 Å². The van der Waals surface area contributed by atoms with Gasteiger partial charge in [0.2, 0.25) is 5.91 Å². The maximum atomic E-state index is 12.5. The van der Waals surface area contributed by atoms with E-state index < -0.39 is 0 Å². The number of anilines is 1. The summed E-state index contributed by atoms with van der Waals surface area (Å²) in [6, 6.07) is 7.90. The van der Waals surface area contributed by atoms with Crippen molar-refractivity contribution in [2.24, 2.45) is 7.05 Å². The van der Waals surface area contributed by atoms with Gasteiger partial charge in [-0.05, 0) is 24.6 Å². The molecular weight excluding hydrogens is 378 g/mol. The molecule has 0 saturated carbocycles. The zero-order chi connectivity index (χ0) is 18.8. The van der Waals surface area contributed by atoms with E-state index >= 15 is 0 Å². The van der Waals surface area contributed by atoms with Crippen molar-refractivity contribution in [1.29, 1.82) is 0 Å². The third-order valence-corrected chi connectivity index (χ3v) is 4.89. The maximum absolute atomic E-state index is 12.5. The van der Waals surface area contributed by atoms with Crippen LogP contribution in [0.15, 0.2) is 30.6 Å². The van der Waals surface area contributed by atoms with Crippen molar-refractivity contribution in [3.63, 3.8) is 0 Å². The number of hydrogen-bond acceptors (Lipinski definition) is 5. The minimum atomic E-state index is -0.0164. The van der Waals surface area contributed by atoms with Gasteiger partial charge in [-0.1, -0.05) is 12.1 Å². The molecule has 4 rings (SSSR count). The number of rotatable bonds is 5. The van der Waals surface area contributed by atoms with Crippen molar-refractivity contribution in [3.8, 4) is 11.4 Å². The van der Waals surface area contributed by atoms with E-state index in [0.717, 1.165) is 48.0 Å². The predicted molar refractivity (Wildman–Crippen MR) is 109 cm³/mol. The highest BCUT2D eigenvalue weighted by Crippen LogP contribution is 2.26. The highest BCUT2D eigenvalue weighted by atomic mass is 35.5. The number of nitrogens with zero attached hydrogens (tertiary/aromatic N) is 5. The lowest BCUT2D eigenvalue weighted by atomic mass is 10.1. The van der Waals surface area contributed by atoms with Gasteiger partial charge in [-0.2, -0.15) is 5.10 Å². The second-order valence-electron chi connectivity index (χ2n) is 6.82. The number of aromatic nitrogens is 5. The Morgan fingerprint density at radius 3 is 2.96 bits per heavy atom. The molecule has 2 aromatic heterocycles. The molecule has 0 unspecified atom stereocenters. The Labute approximate surface area is 169 Å². The van der Waals surface area contributed by atoms with Crippen LogP contribution in [-0.2, 0) is 31.4 Å². The summed E-state index contributed by atoms with van der Waals surface area (Å²) in [7, 11) is 1.90. The lowest BCUT2D eigenvalue weighted by molar-refractivity contribution is -0.116. The van der Waals surface area contributed by atoms with E-state index in [1.807, 2.05) is 41.4 Å². The Morgan fingerprint density at radius 1 is 1.36 bits per heavy atom. The molecule has 1 aliphatic heterocycles. The van der Waals surface area contributed by atoms with Crippen LogP contribution in [0.25, 0.3) is 11.4 Å². The smallest absolute Gasteiger partial charge is 0.224 e. The van der Waals surface area contributed by atoms with Gasteiger partial charge in [0.05, 0.1) is 17.9 Å². The van der Waals surface area contributed by atoms with Gasteiger partial charge in [-0.25, -0.2) is 0 Å². The normalized spacial score (nSPS) is 12.9. The van der Waals surface area contributed by atoms with Crippen LogP contribution in [0.1, 0.15) is 23.4 Å². The van der Waals surface area contributed by atoms with Gasteiger partial charge >= 0.3 is 0 Å². The molecule has 0 aliphatic carbocycles. The van der Waals surface area contributed by atoms with Gasteiger partial charge < -0.3 is 15.2 Å². The largest absolute Gasteiger partial charge is 0.326 e. The highest BCUT2D eigenvalue weighted by Gasteiger charge is 2.14. The topological polar surface area (TPSA) is 89.7 Å². The van der Waals surface area contributed by atoms with Crippen molar-refractivity contribution < 1.29 is 4.79 Å². The van der Waals surface area contributed by atoms with Crippen LogP contribution < -0.4 is 10.6 Å². The number of hydrogen-bond donors (Lipinski definition) is 2. The molecule has 2 N–H and O–H groups in total. The van der Waals surface area contributed by atoms with E-state index in [-0.39, 0.29) is 18.3 Å². The number of carbonyl (C=O) groups is 1. The standard InChI is InChI=1S/C19H23N7O.ClH/c1-13-16(19-23-21-12-25(19)2)4-3-5-17(13)22-18(27)7-6-14-10-15-11-20-8-9-26(15)24-14;/h3-5,10,12,20H,6-9,11H2,1-2H3,(H,22,27);1H. The molecule has 8 nitrogen and oxygen atoms in total. The fraction of sp³-hybridized carbons (Fsp3) is 0.368. The average molecular weight is 402 g/mol. The maximum Gasteiger partial charge on any atom is 0.224 e. The van der Waals surface area contributed by atoms with E-state index in [1.54, 1.807) is 6.33 Å². The summed E-state index contributed by atoms with van der Waals surface area (Å²) in [6.45, 7) is 4.65. The molecule has 1 aliphatic rings. The van der Waals surface area contributed by atoms with Crippen molar-refractivity contribution in [2.45, 2.75) is 32.9 Å². The molecule has 0 bridgehead atoms. The van der Waals surface area contributed by atoms with Crippen LogP contribution >= 0.6 is 12.4 Å². The summed E-state index contributed by atoms with van der Waals surface area (Å²) >= 11 is 0. The molecular formula is C19H24ClN7O. The molecule has 28 heavy (non-hydrogen) atoms. The molecule has 1 aromatic carbocycles. The lowest BCUT2D eigenvalue weighted by Gasteiger charge is -2.13. The monoisotopic (exact) mass is 401 g/mol. The first-order valence-electron chi connectivity index (χ1n) is 9.12. The first-order valence-corrected chi connectivity index (χ1v) is 9.12. The minimum Gasteiger partial charge on any atom is -0.326 e. The fourth-order valence-corrected chi connectivity index (χ4v) is 3.37. The lowest BCUT2D eigenvalue weighted by Crippen LogP contribution is -2.28. The summed E-state index contributed by atoms with van der Waals surface area (Å²) in [4.78, 5) is 12.5. The number of aryl methyl sites for hydroxylation is 2. The predicted octanol–water partition coefficient (Wildman–Crippen LogP) is 2.08. The Bertz CT molecular complexity index is 955. The van der Waals surface area contributed by atoms with E-state index in [4.69, 9.17) is 0 Å². The van der Waals surface area contributed by atoms with Gasteiger partial charge in [-0.15, -0.1) is 22.6 Å². The first-order chi connectivity index (χ1) is 13.1. The van der Waals surface area contributed by atoms with Crippen LogP contribution in [0.5, 0.6) is 0 Å². The first kappa shape index (κ1) is 20.0. The zero-order valence-electron chi connectivity index (χ0n) is 16.0. The Morgan fingerprint density at radius 2 is 2.21 bits per heavy atom. The molecule has 0 atom stereocenters. The number of fused-ring (bicyclic) bond motifs is 1. The van der Waals surface area contributed by atoms with Crippen LogP contribution in [0, 0.1) is 6.92 Å². The number of benzene rings is 1. The molecule has 3 aromatic rings. The number of halogens is 1. The van der Waals surface area contributed by atoms with Crippen LogP contribution in [-0.4, -0.2) is 37.0 Å². The second-order valence-corrected chi connectivity index (χ2v) is 6.82. The summed E-state index contributed by atoms with van der Waals surface area (Å²) in [6.07, 6.45) is 2.70. The number of nitrogens with one attached hydrogen (secondary N) is 2. The highest BCUT2D eigenvalue weighted by molar-refractivity contribution is 5.92. The molecule has 0 fully saturated rings. The van der Waals surface area contributed by atoms with Crippen LogP contribution in [0.2, 0.25) is 0 Å². The average Bonchev–Trinajstić information content (AvgIpc) is 3.27. The van der Waals surface area contributed by atoms with Crippen molar-refractivity contribution in [2.75, 3.05) is 11.9 Å². The Hall–Kier alpha value is -2.71. The molecule has 0 saturated heterocycles. The fourth-order valence-electron chi connectivity index (χ4n) is 3.37. The Balaban J connectivity index is 0.00000225.